The maximum absolute atomic E-state index is 9.81. The van der Waals surface area contributed by atoms with Gasteiger partial charge in [0.15, 0.2) is 0 Å². The van der Waals surface area contributed by atoms with Crippen molar-refractivity contribution in [3.63, 3.8) is 0 Å². The van der Waals surface area contributed by atoms with Gasteiger partial charge >= 0.3 is 0 Å². The van der Waals surface area contributed by atoms with Crippen molar-refractivity contribution >= 4 is 82.4 Å². The van der Waals surface area contributed by atoms with Gasteiger partial charge < -0.3 is 13.9 Å². The van der Waals surface area contributed by atoms with Crippen LogP contribution in [0.25, 0.3) is 93.2 Å². The summed E-state index contributed by atoms with van der Waals surface area (Å²) in [6.45, 7) is 0. The molecule has 0 radical (unpaired) electrons. The van der Waals surface area contributed by atoms with Gasteiger partial charge in [-0.25, -0.2) is 0 Å². The number of fused-ring (bicyclic) bond motifs is 9. The summed E-state index contributed by atoms with van der Waals surface area (Å²) in [5, 5.41) is 8.20. The Kier molecular flexibility index (Phi) is 6.65. The van der Waals surface area contributed by atoms with Gasteiger partial charge in [-0.3, -0.25) is 0 Å². The van der Waals surface area contributed by atoms with E-state index in [-0.39, 0.29) is 24.2 Å². The number of hydrogen-bond donors (Lipinski definition) is 0. The fraction of sp³-hybridized carbons (Fsp3) is 0. The molecule has 0 saturated heterocycles. The molecule has 0 spiro atoms. The second kappa shape index (κ2) is 13.4. The van der Waals surface area contributed by atoms with Gasteiger partial charge in [0.05, 0.1) is 39.0 Å². The van der Waals surface area contributed by atoms with Crippen LogP contribution in [-0.4, -0.2) is 4.57 Å². The van der Waals surface area contributed by atoms with Crippen LogP contribution in [0, 0.1) is 0 Å². The molecule has 0 bridgehead atoms. The minimum atomic E-state index is -0.317. The van der Waals surface area contributed by atoms with Gasteiger partial charge in [-0.15, -0.1) is 0 Å². The van der Waals surface area contributed by atoms with Crippen molar-refractivity contribution in [3.8, 4) is 27.9 Å². The van der Waals surface area contributed by atoms with Crippen LogP contribution in [0.1, 0.15) is 5.48 Å². The van der Waals surface area contributed by atoms with Gasteiger partial charge in [-0.2, -0.15) is 0 Å². The fourth-order valence-electron chi connectivity index (χ4n) is 8.92. The first-order valence-corrected chi connectivity index (χ1v) is 19.8. The molecule has 0 fully saturated rings. The standard InChI is InChI=1S/C56H36N2O/c1-2-14-42-36-43(29-28-37(42)12-1)40-26-24-38(25-27-40)39-30-33-44(34-31-39)57(53-22-11-23-54-55(53)48-35-32-41-13-3-4-15-45(41)56(48)59-54)51-20-9-10-21-52(51)58-49-18-7-5-16-46(49)47-17-6-8-19-50(47)58/h1-36H/i9D,10D,20D,21D. The van der Waals surface area contributed by atoms with Crippen LogP contribution in [0.5, 0.6) is 0 Å². The van der Waals surface area contributed by atoms with Gasteiger partial charge in [0.25, 0.3) is 0 Å². The monoisotopic (exact) mass is 756 g/mol. The molecule has 0 amide bonds. The molecule has 0 aliphatic carbocycles. The molecule has 10 aromatic carbocycles. The van der Waals surface area contributed by atoms with Crippen molar-refractivity contribution in [1.29, 1.82) is 0 Å². The average molecular weight is 757 g/mol. The minimum Gasteiger partial charge on any atom is -0.455 e. The maximum Gasteiger partial charge on any atom is 0.143 e. The van der Waals surface area contributed by atoms with E-state index in [9.17, 15) is 2.74 Å². The second-order valence-corrected chi connectivity index (χ2v) is 15.0. The lowest BCUT2D eigenvalue weighted by atomic mass is 9.98. The number of rotatable bonds is 6. The van der Waals surface area contributed by atoms with Crippen LogP contribution < -0.4 is 4.90 Å². The molecule has 0 unspecified atom stereocenters. The smallest absolute Gasteiger partial charge is 0.143 e. The summed E-state index contributed by atoms with van der Waals surface area (Å²) in [5.41, 5.74) is 9.59. The van der Waals surface area contributed by atoms with E-state index in [1.807, 2.05) is 88.3 Å². The fourth-order valence-corrected chi connectivity index (χ4v) is 8.92. The van der Waals surface area contributed by atoms with E-state index in [0.29, 0.717) is 17.0 Å². The average Bonchev–Trinajstić information content (AvgIpc) is 3.89. The van der Waals surface area contributed by atoms with Crippen LogP contribution in [0.15, 0.2) is 223 Å². The van der Waals surface area contributed by atoms with Gasteiger partial charge in [0.1, 0.15) is 11.2 Å². The molecule has 2 heterocycles. The molecule has 12 aromatic rings. The number of hydrogen-bond acceptors (Lipinski definition) is 2. The van der Waals surface area contributed by atoms with Crippen molar-refractivity contribution in [1.82, 2.24) is 4.57 Å². The summed E-state index contributed by atoms with van der Waals surface area (Å²) in [6.07, 6.45) is 0. The Morgan fingerprint density at radius 3 is 1.75 bits per heavy atom. The zero-order valence-electron chi connectivity index (χ0n) is 35.8. The van der Waals surface area contributed by atoms with E-state index in [1.165, 1.54) is 10.8 Å². The van der Waals surface area contributed by atoms with Gasteiger partial charge in [0, 0.05) is 27.2 Å². The lowest BCUT2D eigenvalue weighted by molar-refractivity contribution is 0.672. The predicted molar refractivity (Wildman–Crippen MR) is 249 cm³/mol. The largest absolute Gasteiger partial charge is 0.455 e. The van der Waals surface area contributed by atoms with Crippen molar-refractivity contribution in [2.24, 2.45) is 0 Å². The minimum absolute atomic E-state index is 0.138. The summed E-state index contributed by atoms with van der Waals surface area (Å²) in [6, 6.07) is 65.3. The second-order valence-electron chi connectivity index (χ2n) is 15.0. The SMILES string of the molecule is [2H]c1c([2H])c([2H])c(-n2c3ccccc3c3ccccc32)c(N(c2ccc(-c3ccc(-c4ccc5ccccc5c4)cc3)cc2)c2cccc3oc4c5ccccc5ccc4c23)c1[2H]. The highest BCUT2D eigenvalue weighted by molar-refractivity contribution is 6.20. The number of benzene rings is 10. The topological polar surface area (TPSA) is 21.3 Å². The third-order valence-electron chi connectivity index (χ3n) is 11.7. The van der Waals surface area contributed by atoms with Crippen LogP contribution >= 0.6 is 0 Å². The zero-order valence-corrected chi connectivity index (χ0v) is 31.8. The van der Waals surface area contributed by atoms with E-state index < -0.39 is 0 Å². The Balaban J connectivity index is 1.09. The summed E-state index contributed by atoms with van der Waals surface area (Å²) in [4.78, 5) is 2.00. The van der Waals surface area contributed by atoms with Crippen molar-refractivity contribution in [2.45, 2.75) is 0 Å². The van der Waals surface area contributed by atoms with E-state index in [1.54, 1.807) is 0 Å². The molecule has 2 aromatic heterocycles. The third-order valence-corrected chi connectivity index (χ3v) is 11.7. The Morgan fingerprint density at radius 1 is 0.424 bits per heavy atom. The highest BCUT2D eigenvalue weighted by Gasteiger charge is 2.24. The molecule has 12 rings (SSSR count). The highest BCUT2D eigenvalue weighted by atomic mass is 16.3. The lowest BCUT2D eigenvalue weighted by Gasteiger charge is -2.29. The molecular weight excluding hydrogens is 717 g/mol. The zero-order chi connectivity index (χ0) is 42.3. The molecular formula is C56H36N2O. The van der Waals surface area contributed by atoms with E-state index in [0.717, 1.165) is 82.6 Å². The van der Waals surface area contributed by atoms with E-state index >= 15 is 0 Å². The third kappa shape index (κ3) is 5.36. The van der Waals surface area contributed by atoms with Gasteiger partial charge in [0.2, 0.25) is 0 Å². The number of para-hydroxylation sites is 4. The van der Waals surface area contributed by atoms with E-state index in [4.69, 9.17) is 7.16 Å². The lowest BCUT2D eigenvalue weighted by Crippen LogP contribution is -2.13. The number of furan rings is 1. The van der Waals surface area contributed by atoms with Gasteiger partial charge in [-0.05, 0) is 99.0 Å². The Hall–Kier alpha value is -7.88. The summed E-state index contributed by atoms with van der Waals surface area (Å²) in [7, 11) is 0. The first-order valence-electron chi connectivity index (χ1n) is 21.8. The van der Waals surface area contributed by atoms with Crippen molar-refractivity contribution < 1.29 is 9.90 Å². The van der Waals surface area contributed by atoms with Gasteiger partial charge in [-0.1, -0.05) is 158 Å². The van der Waals surface area contributed by atoms with Crippen LogP contribution in [-0.2, 0) is 0 Å². The summed E-state index contributed by atoms with van der Waals surface area (Å²) < 4.78 is 46.4. The normalized spacial score (nSPS) is 12.7. The Morgan fingerprint density at radius 2 is 1.00 bits per heavy atom. The number of aromatic nitrogens is 1. The molecule has 3 nitrogen and oxygen atoms in total. The first-order chi connectivity index (χ1) is 30.9. The summed E-state index contributed by atoms with van der Waals surface area (Å²) >= 11 is 0. The molecule has 0 saturated carbocycles. The predicted octanol–water partition coefficient (Wildman–Crippen LogP) is 15.8. The highest BCUT2D eigenvalue weighted by Crippen LogP contribution is 2.47. The van der Waals surface area contributed by atoms with E-state index in [2.05, 4.69) is 115 Å². The number of anilines is 3. The molecule has 3 heteroatoms. The first kappa shape index (κ1) is 29.4. The Labute approximate surface area is 346 Å². The van der Waals surface area contributed by atoms with Crippen LogP contribution in [0.4, 0.5) is 17.1 Å². The molecule has 0 N–H and O–H groups in total. The molecule has 59 heavy (non-hydrogen) atoms. The maximum atomic E-state index is 9.81. The molecule has 0 aliphatic rings. The molecule has 276 valence electrons. The molecule has 0 aliphatic heterocycles. The van der Waals surface area contributed by atoms with Crippen molar-refractivity contribution in [2.75, 3.05) is 4.90 Å². The number of nitrogens with zero attached hydrogens (tertiary/aromatic N) is 2. The van der Waals surface area contributed by atoms with Crippen LogP contribution in [0.3, 0.4) is 0 Å². The summed E-state index contributed by atoms with van der Waals surface area (Å²) in [5.74, 6) is 0. The quantitative estimate of drug-likeness (QED) is 0.168. The molecule has 0 atom stereocenters. The van der Waals surface area contributed by atoms with Crippen LogP contribution in [0.2, 0.25) is 0 Å². The van der Waals surface area contributed by atoms with Crippen molar-refractivity contribution in [3.05, 3.63) is 218 Å². The Bertz CT molecular complexity index is 3740.